The van der Waals surface area contributed by atoms with Gasteiger partial charge in [0.15, 0.2) is 5.82 Å². The zero-order valence-electron chi connectivity index (χ0n) is 11.4. The molecule has 0 saturated carbocycles. The number of anilines is 1. The fourth-order valence-corrected chi connectivity index (χ4v) is 1.92. The van der Waals surface area contributed by atoms with Gasteiger partial charge in [-0.15, -0.1) is 0 Å². The Morgan fingerprint density at radius 1 is 1.26 bits per heavy atom. The molecule has 19 heavy (non-hydrogen) atoms. The van der Waals surface area contributed by atoms with Crippen LogP contribution in [-0.4, -0.2) is 19.7 Å². The van der Waals surface area contributed by atoms with E-state index in [0.29, 0.717) is 11.6 Å². The zero-order chi connectivity index (χ0) is 13.7. The summed E-state index contributed by atoms with van der Waals surface area (Å²) in [5.74, 6) is 6.76. The quantitative estimate of drug-likeness (QED) is 0.613. The van der Waals surface area contributed by atoms with Gasteiger partial charge in [0, 0.05) is 24.5 Å². The molecule has 2 rings (SSSR count). The molecule has 0 atom stereocenters. The van der Waals surface area contributed by atoms with E-state index in [-0.39, 0.29) is 0 Å². The van der Waals surface area contributed by atoms with Crippen molar-refractivity contribution in [3.63, 3.8) is 0 Å². The van der Waals surface area contributed by atoms with Crippen molar-refractivity contribution in [2.24, 2.45) is 5.84 Å². The minimum Gasteiger partial charge on any atom is -0.308 e. The Hall–Kier alpha value is -1.95. The molecule has 3 N–H and O–H groups in total. The van der Waals surface area contributed by atoms with Gasteiger partial charge in [-0.1, -0.05) is 20.3 Å². The number of hydrazine groups is 1. The van der Waals surface area contributed by atoms with Crippen LogP contribution in [0.4, 0.5) is 5.82 Å². The third-order valence-electron chi connectivity index (χ3n) is 2.78. The minimum absolute atomic E-state index is 0.636. The molecule has 0 amide bonds. The molecule has 2 aromatic rings. The summed E-state index contributed by atoms with van der Waals surface area (Å²) in [6.45, 7) is 5.14. The fraction of sp³-hybridized carbons (Fsp3) is 0.462. The lowest BCUT2D eigenvalue weighted by Crippen LogP contribution is -2.10. The molecule has 0 bridgehead atoms. The normalized spacial score (nSPS) is 10.7. The van der Waals surface area contributed by atoms with Gasteiger partial charge in [0.25, 0.3) is 0 Å². The standard InChI is InChI=1S/C13H20N6/c1-3-5-11-7-12(18-14)17-13(16-11)10-8-15-19(9-10)6-4-2/h7-9H,3-6,14H2,1-2H3,(H,16,17,18). The van der Waals surface area contributed by atoms with E-state index in [4.69, 9.17) is 5.84 Å². The molecule has 2 heterocycles. The van der Waals surface area contributed by atoms with Crippen LogP contribution < -0.4 is 11.3 Å². The average molecular weight is 260 g/mol. The van der Waals surface area contributed by atoms with E-state index in [9.17, 15) is 0 Å². The maximum absolute atomic E-state index is 5.45. The second-order valence-corrected chi connectivity index (χ2v) is 4.45. The summed E-state index contributed by atoms with van der Waals surface area (Å²) in [5, 5.41) is 4.30. The molecule has 0 spiro atoms. The third-order valence-corrected chi connectivity index (χ3v) is 2.78. The summed E-state index contributed by atoms with van der Waals surface area (Å²) >= 11 is 0. The molecule has 0 aliphatic carbocycles. The van der Waals surface area contributed by atoms with E-state index in [0.717, 1.165) is 37.1 Å². The summed E-state index contributed by atoms with van der Waals surface area (Å²) in [6.07, 6.45) is 6.76. The molecule has 0 saturated heterocycles. The Labute approximate surface area is 113 Å². The van der Waals surface area contributed by atoms with Crippen molar-refractivity contribution in [1.82, 2.24) is 19.7 Å². The summed E-state index contributed by atoms with van der Waals surface area (Å²) in [5.41, 5.74) is 4.50. The van der Waals surface area contributed by atoms with Crippen molar-refractivity contribution in [2.75, 3.05) is 5.43 Å². The third kappa shape index (κ3) is 3.29. The monoisotopic (exact) mass is 260 g/mol. The molecule has 6 heteroatoms. The van der Waals surface area contributed by atoms with Crippen LogP contribution in [0.3, 0.4) is 0 Å². The Bertz CT molecular complexity index is 534. The summed E-state index contributed by atoms with van der Waals surface area (Å²) in [7, 11) is 0. The number of hydrogen-bond donors (Lipinski definition) is 2. The molecule has 102 valence electrons. The highest BCUT2D eigenvalue weighted by Crippen LogP contribution is 2.18. The molecule has 2 aromatic heterocycles. The number of nitrogens with one attached hydrogen (secondary N) is 1. The molecule has 6 nitrogen and oxygen atoms in total. The highest BCUT2D eigenvalue weighted by atomic mass is 15.3. The summed E-state index contributed by atoms with van der Waals surface area (Å²) < 4.78 is 1.90. The predicted molar refractivity (Wildman–Crippen MR) is 75.3 cm³/mol. The second kappa shape index (κ2) is 6.29. The number of nitrogen functional groups attached to an aromatic ring is 1. The van der Waals surface area contributed by atoms with E-state index >= 15 is 0 Å². The zero-order valence-corrected chi connectivity index (χ0v) is 11.4. The number of nitrogens with two attached hydrogens (primary N) is 1. The van der Waals surface area contributed by atoms with Crippen molar-refractivity contribution in [1.29, 1.82) is 0 Å². The topological polar surface area (TPSA) is 81.6 Å². The lowest BCUT2D eigenvalue weighted by atomic mass is 10.2. The van der Waals surface area contributed by atoms with Crippen LogP contribution in [0.2, 0.25) is 0 Å². The van der Waals surface area contributed by atoms with Crippen LogP contribution in [0, 0.1) is 0 Å². The van der Waals surface area contributed by atoms with Gasteiger partial charge in [-0.25, -0.2) is 15.8 Å². The van der Waals surface area contributed by atoms with Gasteiger partial charge in [-0.05, 0) is 12.8 Å². The van der Waals surface area contributed by atoms with E-state index < -0.39 is 0 Å². The lowest BCUT2D eigenvalue weighted by molar-refractivity contribution is 0.603. The Morgan fingerprint density at radius 2 is 2.11 bits per heavy atom. The summed E-state index contributed by atoms with van der Waals surface area (Å²) in [6, 6.07) is 1.88. The van der Waals surface area contributed by atoms with Crippen LogP contribution in [0.15, 0.2) is 18.5 Å². The lowest BCUT2D eigenvalue weighted by Gasteiger charge is -2.05. The van der Waals surface area contributed by atoms with Crippen molar-refractivity contribution in [2.45, 2.75) is 39.7 Å². The molecule has 0 aliphatic rings. The SMILES string of the molecule is CCCc1cc(NN)nc(-c2cnn(CCC)c2)n1. The minimum atomic E-state index is 0.636. The smallest absolute Gasteiger partial charge is 0.164 e. The van der Waals surface area contributed by atoms with Gasteiger partial charge < -0.3 is 5.43 Å². The van der Waals surface area contributed by atoms with Crippen LogP contribution in [-0.2, 0) is 13.0 Å². The predicted octanol–water partition coefficient (Wildman–Crippen LogP) is 1.99. The van der Waals surface area contributed by atoms with E-state index in [2.05, 4.69) is 34.3 Å². The number of hydrogen-bond acceptors (Lipinski definition) is 5. The maximum atomic E-state index is 5.45. The first-order chi connectivity index (χ1) is 9.26. The highest BCUT2D eigenvalue weighted by molar-refractivity contribution is 5.55. The molecular weight excluding hydrogens is 240 g/mol. The van der Waals surface area contributed by atoms with Gasteiger partial charge in [0.1, 0.15) is 5.82 Å². The number of aryl methyl sites for hydroxylation is 2. The van der Waals surface area contributed by atoms with Gasteiger partial charge in [-0.3, -0.25) is 4.68 Å². The number of aromatic nitrogens is 4. The molecule has 0 aromatic carbocycles. The summed E-state index contributed by atoms with van der Waals surface area (Å²) in [4.78, 5) is 8.93. The molecule has 0 unspecified atom stereocenters. The number of nitrogens with zero attached hydrogens (tertiary/aromatic N) is 4. The average Bonchev–Trinajstić information content (AvgIpc) is 2.88. The van der Waals surface area contributed by atoms with Crippen molar-refractivity contribution < 1.29 is 0 Å². The van der Waals surface area contributed by atoms with Gasteiger partial charge >= 0.3 is 0 Å². The Kier molecular flexibility index (Phi) is 4.46. The largest absolute Gasteiger partial charge is 0.308 e. The highest BCUT2D eigenvalue weighted by Gasteiger charge is 2.08. The molecule has 0 fully saturated rings. The van der Waals surface area contributed by atoms with Crippen LogP contribution in [0.25, 0.3) is 11.4 Å². The first-order valence-corrected chi connectivity index (χ1v) is 6.64. The van der Waals surface area contributed by atoms with E-state index in [1.165, 1.54) is 0 Å². The van der Waals surface area contributed by atoms with Crippen LogP contribution >= 0.6 is 0 Å². The fourth-order valence-electron chi connectivity index (χ4n) is 1.92. The first-order valence-electron chi connectivity index (χ1n) is 6.64. The molecule has 0 aliphatic heterocycles. The molecular formula is C13H20N6. The maximum Gasteiger partial charge on any atom is 0.164 e. The Morgan fingerprint density at radius 3 is 2.79 bits per heavy atom. The van der Waals surface area contributed by atoms with Crippen molar-refractivity contribution >= 4 is 5.82 Å². The van der Waals surface area contributed by atoms with Crippen molar-refractivity contribution in [3.05, 3.63) is 24.2 Å². The van der Waals surface area contributed by atoms with Gasteiger partial charge in [0.2, 0.25) is 0 Å². The van der Waals surface area contributed by atoms with Gasteiger partial charge in [-0.2, -0.15) is 5.10 Å². The van der Waals surface area contributed by atoms with E-state index in [1.54, 1.807) is 6.20 Å². The van der Waals surface area contributed by atoms with Crippen LogP contribution in [0.1, 0.15) is 32.4 Å². The second-order valence-electron chi connectivity index (χ2n) is 4.45. The van der Waals surface area contributed by atoms with Gasteiger partial charge in [0.05, 0.1) is 11.8 Å². The molecule has 0 radical (unpaired) electrons. The number of rotatable bonds is 6. The van der Waals surface area contributed by atoms with Crippen molar-refractivity contribution in [3.8, 4) is 11.4 Å². The van der Waals surface area contributed by atoms with Crippen LogP contribution in [0.5, 0.6) is 0 Å². The van der Waals surface area contributed by atoms with E-state index in [1.807, 2.05) is 16.9 Å². The first kappa shape index (κ1) is 13.5. The Balaban J connectivity index is 2.33.